The van der Waals surface area contributed by atoms with Crippen molar-refractivity contribution in [3.05, 3.63) is 60.2 Å². The van der Waals surface area contributed by atoms with Crippen LogP contribution in [0.3, 0.4) is 0 Å². The minimum Gasteiger partial charge on any atom is -0.487 e. The highest BCUT2D eigenvalue weighted by Gasteiger charge is 2.30. The van der Waals surface area contributed by atoms with Crippen LogP contribution in [0.15, 0.2) is 48.8 Å². The molecule has 0 radical (unpaired) electrons. The zero-order chi connectivity index (χ0) is 17.9. The third-order valence-electron chi connectivity index (χ3n) is 4.06. The fourth-order valence-corrected chi connectivity index (χ4v) is 2.84. The number of methoxy groups -OCH3 is 1. The largest absolute Gasteiger partial charge is 0.487 e. The van der Waals surface area contributed by atoms with Crippen molar-refractivity contribution in [3.8, 4) is 11.6 Å². The molecule has 0 atom stereocenters. The summed E-state index contributed by atoms with van der Waals surface area (Å²) in [6, 6.07) is 11.2. The van der Waals surface area contributed by atoms with Crippen LogP contribution >= 0.6 is 0 Å². The quantitative estimate of drug-likeness (QED) is 0.698. The number of hydrogen-bond acceptors (Lipinski definition) is 6. The van der Waals surface area contributed by atoms with Crippen LogP contribution in [0, 0.1) is 0 Å². The second-order valence-corrected chi connectivity index (χ2v) is 5.69. The summed E-state index contributed by atoms with van der Waals surface area (Å²) in [5.74, 6) is 1.31. The molecule has 26 heavy (non-hydrogen) atoms. The van der Waals surface area contributed by atoms with Gasteiger partial charge in [0, 0.05) is 18.9 Å². The fourth-order valence-electron chi connectivity index (χ4n) is 2.84. The van der Waals surface area contributed by atoms with Gasteiger partial charge in [0.2, 0.25) is 0 Å². The summed E-state index contributed by atoms with van der Waals surface area (Å²) >= 11 is 0. The maximum Gasteiger partial charge on any atom is 0.277 e. The highest BCUT2D eigenvalue weighted by Crippen LogP contribution is 2.26. The predicted octanol–water partition coefficient (Wildman–Crippen LogP) is 1.92. The number of rotatable bonds is 5. The Bertz CT molecular complexity index is 926. The molecule has 0 N–H and O–H groups in total. The van der Waals surface area contributed by atoms with Crippen molar-refractivity contribution in [2.24, 2.45) is 0 Å². The van der Waals surface area contributed by atoms with E-state index in [-0.39, 0.29) is 5.91 Å². The Kier molecular flexibility index (Phi) is 4.22. The van der Waals surface area contributed by atoms with E-state index < -0.39 is 0 Å². The van der Waals surface area contributed by atoms with Gasteiger partial charge in [-0.25, -0.2) is 9.97 Å². The Balaban J connectivity index is 1.54. The lowest BCUT2D eigenvalue weighted by atomic mass is 10.2. The van der Waals surface area contributed by atoms with Gasteiger partial charge in [0.15, 0.2) is 5.82 Å². The molecule has 0 bridgehead atoms. The van der Waals surface area contributed by atoms with Gasteiger partial charge in [0.1, 0.15) is 23.7 Å². The minimum atomic E-state index is -0.187. The van der Waals surface area contributed by atoms with Gasteiger partial charge in [0.25, 0.3) is 11.8 Å². The standard InChI is InChI=1S/C18H17N5O3/c1-25-17-16(19-7-8-20-17)22-9-10-23-15(18(22)24)11-13(21-23)12-26-14-5-3-2-4-6-14/h2-8,11H,9-10,12H2,1H3. The lowest BCUT2D eigenvalue weighted by Crippen LogP contribution is -2.41. The number of carbonyl (C=O) groups is 1. The first-order valence-corrected chi connectivity index (χ1v) is 8.17. The summed E-state index contributed by atoms with van der Waals surface area (Å²) in [5.41, 5.74) is 1.20. The first kappa shape index (κ1) is 16.1. The second kappa shape index (κ2) is 6.83. The van der Waals surface area contributed by atoms with E-state index in [9.17, 15) is 4.79 Å². The Labute approximate surface area is 150 Å². The molecule has 4 rings (SSSR count). The predicted molar refractivity (Wildman–Crippen MR) is 93.3 cm³/mol. The number of para-hydroxylation sites is 1. The molecule has 0 unspecified atom stereocenters. The summed E-state index contributed by atoms with van der Waals surface area (Å²) in [7, 11) is 1.51. The smallest absolute Gasteiger partial charge is 0.277 e. The zero-order valence-corrected chi connectivity index (χ0v) is 14.2. The first-order chi connectivity index (χ1) is 12.8. The van der Waals surface area contributed by atoms with Gasteiger partial charge in [-0.05, 0) is 18.2 Å². The number of nitrogens with zero attached hydrogens (tertiary/aromatic N) is 5. The van der Waals surface area contributed by atoms with Gasteiger partial charge in [-0.1, -0.05) is 18.2 Å². The van der Waals surface area contributed by atoms with Crippen LogP contribution in [0.5, 0.6) is 11.6 Å². The molecule has 3 heterocycles. The Morgan fingerprint density at radius 2 is 1.92 bits per heavy atom. The lowest BCUT2D eigenvalue weighted by molar-refractivity contribution is 0.0960. The Hall–Kier alpha value is -3.42. The molecule has 8 heteroatoms. The average Bonchev–Trinajstić information content (AvgIpc) is 3.12. The van der Waals surface area contributed by atoms with Crippen molar-refractivity contribution in [1.82, 2.24) is 19.7 Å². The van der Waals surface area contributed by atoms with Crippen LogP contribution in [-0.2, 0) is 13.2 Å². The number of benzene rings is 1. The summed E-state index contributed by atoms with van der Waals surface area (Å²) in [4.78, 5) is 22.8. The van der Waals surface area contributed by atoms with E-state index >= 15 is 0 Å². The van der Waals surface area contributed by atoms with Crippen LogP contribution in [0.2, 0.25) is 0 Å². The molecule has 0 saturated heterocycles. The molecule has 0 aliphatic carbocycles. The van der Waals surface area contributed by atoms with Crippen molar-refractivity contribution >= 4 is 11.7 Å². The zero-order valence-electron chi connectivity index (χ0n) is 14.2. The fraction of sp³-hybridized carbons (Fsp3) is 0.222. The third-order valence-corrected chi connectivity index (χ3v) is 4.06. The number of hydrogen-bond donors (Lipinski definition) is 0. The van der Waals surface area contributed by atoms with Gasteiger partial charge >= 0.3 is 0 Å². The number of carbonyl (C=O) groups excluding carboxylic acids is 1. The molecule has 132 valence electrons. The molecule has 1 aromatic carbocycles. The van der Waals surface area contributed by atoms with E-state index in [4.69, 9.17) is 9.47 Å². The molecule has 8 nitrogen and oxygen atoms in total. The third kappa shape index (κ3) is 2.97. The number of fused-ring (bicyclic) bond motifs is 1. The van der Waals surface area contributed by atoms with E-state index in [0.717, 1.165) is 5.75 Å². The van der Waals surface area contributed by atoms with E-state index in [2.05, 4.69) is 15.1 Å². The van der Waals surface area contributed by atoms with Crippen LogP contribution in [0.4, 0.5) is 5.82 Å². The molecular weight excluding hydrogens is 334 g/mol. The van der Waals surface area contributed by atoms with Crippen LogP contribution < -0.4 is 14.4 Å². The average molecular weight is 351 g/mol. The molecule has 3 aromatic rings. The van der Waals surface area contributed by atoms with Crippen molar-refractivity contribution < 1.29 is 14.3 Å². The Morgan fingerprint density at radius 3 is 2.73 bits per heavy atom. The highest BCUT2D eigenvalue weighted by molar-refractivity contribution is 6.05. The normalized spacial score (nSPS) is 13.4. The van der Waals surface area contributed by atoms with Crippen LogP contribution in [-0.4, -0.2) is 39.3 Å². The molecule has 0 fully saturated rings. The minimum absolute atomic E-state index is 0.187. The number of ether oxygens (including phenoxy) is 2. The van der Waals surface area contributed by atoms with Crippen LogP contribution in [0.25, 0.3) is 0 Å². The summed E-state index contributed by atoms with van der Waals surface area (Å²) < 4.78 is 12.6. The Morgan fingerprint density at radius 1 is 1.12 bits per heavy atom. The SMILES string of the molecule is COc1nccnc1N1CCn2nc(COc3ccccc3)cc2C1=O. The number of anilines is 1. The highest BCUT2D eigenvalue weighted by atomic mass is 16.5. The second-order valence-electron chi connectivity index (χ2n) is 5.69. The van der Waals surface area contributed by atoms with Crippen molar-refractivity contribution in [1.29, 1.82) is 0 Å². The van der Waals surface area contributed by atoms with E-state index in [0.29, 0.717) is 42.8 Å². The molecule has 1 aliphatic heterocycles. The van der Waals surface area contributed by atoms with Gasteiger partial charge < -0.3 is 9.47 Å². The molecule has 2 aromatic heterocycles. The summed E-state index contributed by atoms with van der Waals surface area (Å²) in [6.07, 6.45) is 3.07. The van der Waals surface area contributed by atoms with Crippen LogP contribution in [0.1, 0.15) is 16.2 Å². The monoisotopic (exact) mass is 351 g/mol. The number of aromatic nitrogens is 4. The molecule has 0 spiro atoms. The molecular formula is C18H17N5O3. The van der Waals surface area contributed by atoms with E-state index in [1.165, 1.54) is 19.5 Å². The summed E-state index contributed by atoms with van der Waals surface area (Å²) in [6.45, 7) is 1.31. The van der Waals surface area contributed by atoms with Crippen molar-refractivity contribution in [2.75, 3.05) is 18.6 Å². The maximum atomic E-state index is 12.9. The van der Waals surface area contributed by atoms with Crippen molar-refractivity contribution in [2.45, 2.75) is 13.2 Å². The number of amides is 1. The molecule has 0 saturated carbocycles. The van der Waals surface area contributed by atoms with Gasteiger partial charge in [-0.3, -0.25) is 14.4 Å². The molecule has 1 amide bonds. The van der Waals surface area contributed by atoms with Gasteiger partial charge in [-0.15, -0.1) is 0 Å². The molecule has 1 aliphatic rings. The van der Waals surface area contributed by atoms with Gasteiger partial charge in [0.05, 0.1) is 13.7 Å². The first-order valence-electron chi connectivity index (χ1n) is 8.17. The topological polar surface area (TPSA) is 82.4 Å². The van der Waals surface area contributed by atoms with E-state index in [1.54, 1.807) is 15.6 Å². The summed E-state index contributed by atoms with van der Waals surface area (Å²) in [5, 5.41) is 4.46. The maximum absolute atomic E-state index is 12.9. The van der Waals surface area contributed by atoms with Crippen molar-refractivity contribution in [3.63, 3.8) is 0 Å². The lowest BCUT2D eigenvalue weighted by Gasteiger charge is -2.26. The van der Waals surface area contributed by atoms with E-state index in [1.807, 2.05) is 30.3 Å². The van der Waals surface area contributed by atoms with Gasteiger partial charge in [-0.2, -0.15) is 5.10 Å².